The molecule has 134 valence electrons. The van der Waals surface area contributed by atoms with E-state index in [4.69, 9.17) is 0 Å². The molecular weight excluding hydrogens is 507 g/mol. The van der Waals surface area contributed by atoms with Gasteiger partial charge in [0.15, 0.2) is 0 Å². The smallest absolute Gasteiger partial charge is 0.510 e. The second-order valence-corrected chi connectivity index (χ2v) is 6.01. The van der Waals surface area contributed by atoms with Crippen LogP contribution in [0.3, 0.4) is 0 Å². The minimum atomic E-state index is 0. The quantitative estimate of drug-likeness (QED) is 0.530. The van der Waals surface area contributed by atoms with Crippen molar-refractivity contribution < 1.29 is 26.2 Å². The first-order chi connectivity index (χ1) is 12.1. The summed E-state index contributed by atoms with van der Waals surface area (Å²) in [5, 5.41) is 14.8. The summed E-state index contributed by atoms with van der Waals surface area (Å²) in [6, 6.07) is 18.6. The van der Waals surface area contributed by atoms with Crippen molar-refractivity contribution in [3.8, 4) is 22.7 Å². The molecule has 1 aliphatic heterocycles. The van der Waals surface area contributed by atoms with Crippen LogP contribution >= 0.6 is 0 Å². The monoisotopic (exact) mass is 525 g/mol. The third kappa shape index (κ3) is 3.40. The van der Waals surface area contributed by atoms with Gasteiger partial charge in [0.1, 0.15) is 11.4 Å². The molecule has 6 heteroatoms. The van der Waals surface area contributed by atoms with E-state index in [1.165, 1.54) is 0 Å². The number of hydrogen-bond acceptors (Lipinski definition) is 4. The fourth-order valence-electron chi connectivity index (χ4n) is 2.84. The van der Waals surface area contributed by atoms with E-state index in [-0.39, 0.29) is 26.8 Å². The van der Waals surface area contributed by atoms with Gasteiger partial charge >= 0.3 is 21.1 Å². The number of aromatic hydroxyl groups is 1. The first-order valence-corrected chi connectivity index (χ1v) is 8.03. The topological polar surface area (TPSA) is 44.5 Å². The molecule has 0 unspecified atom stereocenters. The maximum atomic E-state index is 10.1. The number of aromatic nitrogens is 2. The summed E-state index contributed by atoms with van der Waals surface area (Å²) >= 11 is 0. The zero-order chi connectivity index (χ0) is 17.4. The SMILES string of the molecule is Cc1cc(-c2[c-]c(N3C=CN(C)[CH-]3)ccc2)nn1-c1ccccc1O.[Pt+2]. The molecule has 0 fully saturated rings. The largest absolute Gasteiger partial charge is 2.00 e. The van der Waals surface area contributed by atoms with Crippen molar-refractivity contribution in [1.82, 2.24) is 14.7 Å². The summed E-state index contributed by atoms with van der Waals surface area (Å²) in [5.74, 6) is 0.206. The molecule has 0 saturated carbocycles. The van der Waals surface area contributed by atoms with Crippen LogP contribution in [0.4, 0.5) is 5.69 Å². The molecule has 0 aliphatic carbocycles. The van der Waals surface area contributed by atoms with Gasteiger partial charge in [0, 0.05) is 11.4 Å². The van der Waals surface area contributed by atoms with Crippen LogP contribution in [0, 0.1) is 19.7 Å². The normalized spacial score (nSPS) is 13.2. The van der Waals surface area contributed by atoms with Crippen LogP contribution in [0.2, 0.25) is 0 Å². The molecule has 5 nitrogen and oxygen atoms in total. The van der Waals surface area contributed by atoms with E-state index >= 15 is 0 Å². The molecular formula is C20H18N4OPt. The number of benzene rings is 2. The van der Waals surface area contributed by atoms with Gasteiger partial charge in [-0.25, -0.2) is 9.78 Å². The summed E-state index contributed by atoms with van der Waals surface area (Å²) in [4.78, 5) is 3.99. The standard InChI is InChI=1S/C20H18N4O.Pt/c1-15-12-18(21-24(15)19-8-3-4-9-20(19)25)16-6-5-7-17(13-16)23-11-10-22(2)14-23;/h3-12,14,25H,1-2H3;/q-2;+2. The first kappa shape index (κ1) is 18.3. The van der Waals surface area contributed by atoms with Gasteiger partial charge in [0.2, 0.25) is 0 Å². The fourth-order valence-corrected chi connectivity index (χ4v) is 2.84. The number of phenols is 1. The number of para-hydroxylation sites is 2. The van der Waals surface area contributed by atoms with Crippen LogP contribution in [0.15, 0.2) is 60.9 Å². The van der Waals surface area contributed by atoms with E-state index in [9.17, 15) is 5.11 Å². The molecule has 0 spiro atoms. The summed E-state index contributed by atoms with van der Waals surface area (Å²) < 4.78 is 1.75. The molecule has 0 bridgehead atoms. The molecule has 0 saturated heterocycles. The van der Waals surface area contributed by atoms with Crippen molar-refractivity contribution in [2.24, 2.45) is 0 Å². The van der Waals surface area contributed by atoms with Gasteiger partial charge in [0.05, 0.1) is 0 Å². The Labute approximate surface area is 167 Å². The van der Waals surface area contributed by atoms with Gasteiger partial charge in [0.25, 0.3) is 0 Å². The van der Waals surface area contributed by atoms with E-state index < -0.39 is 0 Å². The van der Waals surface area contributed by atoms with Gasteiger partial charge < -0.3 is 14.9 Å². The van der Waals surface area contributed by atoms with Crippen LogP contribution in [0.5, 0.6) is 5.75 Å². The van der Waals surface area contributed by atoms with Gasteiger partial charge in [-0.2, -0.15) is 6.67 Å². The van der Waals surface area contributed by atoms with Gasteiger partial charge in [-0.1, -0.05) is 23.9 Å². The Morgan fingerprint density at radius 3 is 2.62 bits per heavy atom. The Hall–Kier alpha value is -2.52. The molecule has 1 aliphatic rings. The Bertz CT molecular complexity index is 950. The summed E-state index contributed by atoms with van der Waals surface area (Å²) in [6.45, 7) is 3.96. The number of nitrogens with zero attached hydrogens (tertiary/aromatic N) is 4. The van der Waals surface area contributed by atoms with Crippen molar-refractivity contribution in [3.05, 3.63) is 79.4 Å². The van der Waals surface area contributed by atoms with Crippen molar-refractivity contribution in [2.75, 3.05) is 11.9 Å². The molecule has 1 N–H and O–H groups in total. The Balaban J connectivity index is 0.00000196. The van der Waals surface area contributed by atoms with Gasteiger partial charge in [-0.3, -0.25) is 0 Å². The van der Waals surface area contributed by atoms with Crippen LogP contribution in [0.25, 0.3) is 16.9 Å². The summed E-state index contributed by atoms with van der Waals surface area (Å²) in [6.07, 6.45) is 3.97. The number of phenolic OH excluding ortho intramolecular Hbond substituents is 1. The zero-order valence-corrected chi connectivity index (χ0v) is 16.7. The summed E-state index contributed by atoms with van der Waals surface area (Å²) in [5.41, 5.74) is 4.29. The third-order valence-electron chi connectivity index (χ3n) is 4.10. The molecule has 0 amide bonds. The van der Waals surface area contributed by atoms with Crippen LogP contribution in [-0.2, 0) is 21.1 Å². The Kier molecular flexibility index (Phi) is 5.19. The third-order valence-corrected chi connectivity index (χ3v) is 4.10. The maximum absolute atomic E-state index is 10.1. The van der Waals surface area contributed by atoms with Gasteiger partial charge in [-0.15, -0.1) is 29.8 Å². The second-order valence-electron chi connectivity index (χ2n) is 6.01. The molecule has 1 aromatic heterocycles. The minimum Gasteiger partial charge on any atom is -0.510 e. The first-order valence-electron chi connectivity index (χ1n) is 8.03. The van der Waals surface area contributed by atoms with E-state index in [2.05, 4.69) is 11.2 Å². The van der Waals surface area contributed by atoms with E-state index in [1.54, 1.807) is 16.8 Å². The Morgan fingerprint density at radius 1 is 1.08 bits per heavy atom. The Morgan fingerprint density at radius 2 is 1.88 bits per heavy atom. The fraction of sp³-hybridized carbons (Fsp3) is 0.100. The number of hydrogen-bond donors (Lipinski definition) is 1. The second kappa shape index (κ2) is 7.38. The van der Waals surface area contributed by atoms with Crippen molar-refractivity contribution in [2.45, 2.75) is 6.92 Å². The van der Waals surface area contributed by atoms with Crippen LogP contribution in [-0.4, -0.2) is 26.8 Å². The van der Waals surface area contributed by atoms with Crippen LogP contribution < -0.4 is 4.90 Å². The molecule has 2 heterocycles. The number of rotatable bonds is 3. The number of aryl methyl sites for hydroxylation is 1. The number of anilines is 1. The maximum Gasteiger partial charge on any atom is 2.00 e. The molecule has 26 heavy (non-hydrogen) atoms. The van der Waals surface area contributed by atoms with Gasteiger partial charge in [-0.05, 0) is 38.5 Å². The molecule has 0 atom stereocenters. The summed E-state index contributed by atoms with van der Waals surface area (Å²) in [7, 11) is 1.98. The van der Waals surface area contributed by atoms with E-state index in [0.717, 1.165) is 22.6 Å². The van der Waals surface area contributed by atoms with E-state index in [0.29, 0.717) is 5.69 Å². The minimum absolute atomic E-state index is 0. The van der Waals surface area contributed by atoms with Crippen molar-refractivity contribution in [1.29, 1.82) is 0 Å². The molecule has 2 aromatic carbocycles. The molecule has 3 aromatic rings. The average Bonchev–Trinajstić information content (AvgIpc) is 3.22. The predicted octanol–water partition coefficient (Wildman–Crippen LogP) is 3.69. The molecule has 0 radical (unpaired) electrons. The average molecular weight is 525 g/mol. The van der Waals surface area contributed by atoms with Crippen molar-refractivity contribution in [3.63, 3.8) is 0 Å². The van der Waals surface area contributed by atoms with Crippen molar-refractivity contribution >= 4 is 5.69 Å². The predicted molar refractivity (Wildman–Crippen MR) is 97.9 cm³/mol. The van der Waals surface area contributed by atoms with Crippen LogP contribution in [0.1, 0.15) is 5.69 Å². The van der Waals surface area contributed by atoms with E-state index in [1.807, 2.05) is 79.2 Å². The zero-order valence-electron chi connectivity index (χ0n) is 14.4. The molecule has 4 rings (SSSR count).